The number of carbonyl (C=O) groups is 2. The Morgan fingerprint density at radius 2 is 2.14 bits per heavy atom. The normalized spacial score (nSPS) is 13.6. The number of nitrogens with one attached hydrogen (secondary N) is 1. The van der Waals surface area contributed by atoms with Crippen molar-refractivity contribution < 1.29 is 14.3 Å². The zero-order chi connectivity index (χ0) is 20.0. The van der Waals surface area contributed by atoms with Gasteiger partial charge in [-0.2, -0.15) is 5.10 Å². The number of ether oxygens (including phenoxy) is 1. The van der Waals surface area contributed by atoms with Crippen LogP contribution in [0, 0.1) is 0 Å². The molecule has 2 amide bonds. The van der Waals surface area contributed by atoms with Gasteiger partial charge in [-0.05, 0) is 0 Å². The van der Waals surface area contributed by atoms with E-state index in [-0.39, 0.29) is 12.5 Å². The SMILES string of the molecule is CC(=O)N1CCn2c(c(-c3cn[nH]c3)c3c(OCC(N)=O)cc(Cl)c(Cl)c32)C1. The molecule has 3 N–H and O–H groups in total. The molecule has 0 spiro atoms. The molecule has 0 unspecified atom stereocenters. The first kappa shape index (κ1) is 18.6. The predicted molar refractivity (Wildman–Crippen MR) is 105 cm³/mol. The Morgan fingerprint density at radius 1 is 1.36 bits per heavy atom. The zero-order valence-electron chi connectivity index (χ0n) is 15.0. The first-order valence-electron chi connectivity index (χ1n) is 8.57. The Balaban J connectivity index is 2.04. The molecule has 0 saturated carbocycles. The molecular weight excluding hydrogens is 405 g/mol. The van der Waals surface area contributed by atoms with E-state index in [9.17, 15) is 9.59 Å². The van der Waals surface area contributed by atoms with Crippen LogP contribution < -0.4 is 10.5 Å². The van der Waals surface area contributed by atoms with Crippen molar-refractivity contribution in [2.75, 3.05) is 13.2 Å². The average Bonchev–Trinajstić information content (AvgIpc) is 3.28. The molecule has 0 atom stereocenters. The van der Waals surface area contributed by atoms with Gasteiger partial charge in [0.15, 0.2) is 6.61 Å². The van der Waals surface area contributed by atoms with Crippen molar-refractivity contribution in [3.8, 4) is 16.9 Å². The molecule has 4 rings (SSSR count). The second-order valence-electron chi connectivity index (χ2n) is 6.55. The highest BCUT2D eigenvalue weighted by molar-refractivity contribution is 6.45. The molecule has 0 bridgehead atoms. The van der Waals surface area contributed by atoms with Crippen molar-refractivity contribution in [3.05, 3.63) is 34.2 Å². The summed E-state index contributed by atoms with van der Waals surface area (Å²) < 4.78 is 7.71. The maximum absolute atomic E-state index is 12.0. The number of amides is 2. The van der Waals surface area contributed by atoms with E-state index in [2.05, 4.69) is 10.2 Å². The number of nitrogens with two attached hydrogens (primary N) is 1. The van der Waals surface area contributed by atoms with Crippen LogP contribution in [0.3, 0.4) is 0 Å². The monoisotopic (exact) mass is 421 g/mol. The van der Waals surface area contributed by atoms with Gasteiger partial charge >= 0.3 is 0 Å². The number of aromatic nitrogens is 3. The van der Waals surface area contributed by atoms with Crippen LogP contribution in [0.1, 0.15) is 12.6 Å². The molecule has 8 nitrogen and oxygen atoms in total. The second-order valence-corrected chi connectivity index (χ2v) is 7.34. The second kappa shape index (κ2) is 7.03. The molecule has 2 aromatic heterocycles. The van der Waals surface area contributed by atoms with Crippen LogP contribution in [-0.2, 0) is 22.7 Å². The molecule has 28 heavy (non-hydrogen) atoms. The summed E-state index contributed by atoms with van der Waals surface area (Å²) in [6.45, 7) is 2.77. The van der Waals surface area contributed by atoms with E-state index in [1.54, 1.807) is 30.3 Å². The van der Waals surface area contributed by atoms with Crippen LogP contribution >= 0.6 is 23.2 Å². The third kappa shape index (κ3) is 2.98. The Hall–Kier alpha value is -2.71. The number of halogens is 2. The topological polar surface area (TPSA) is 106 Å². The summed E-state index contributed by atoms with van der Waals surface area (Å²) in [6.07, 6.45) is 3.44. The van der Waals surface area contributed by atoms with E-state index in [4.69, 9.17) is 33.7 Å². The highest BCUT2D eigenvalue weighted by Crippen LogP contribution is 2.46. The first-order chi connectivity index (χ1) is 13.4. The van der Waals surface area contributed by atoms with Gasteiger partial charge in [0.25, 0.3) is 5.91 Å². The zero-order valence-corrected chi connectivity index (χ0v) is 16.5. The fourth-order valence-electron chi connectivity index (χ4n) is 3.62. The molecule has 0 aliphatic carbocycles. The van der Waals surface area contributed by atoms with Crippen LogP contribution in [0.2, 0.25) is 10.0 Å². The molecule has 3 aromatic rings. The Kier molecular flexibility index (Phi) is 4.68. The molecular formula is C18H17Cl2N5O3. The molecule has 10 heteroatoms. The fraction of sp³-hybridized carbons (Fsp3) is 0.278. The highest BCUT2D eigenvalue weighted by Gasteiger charge is 2.30. The smallest absolute Gasteiger partial charge is 0.255 e. The molecule has 1 aliphatic rings. The van der Waals surface area contributed by atoms with Crippen LogP contribution in [-0.4, -0.2) is 44.6 Å². The summed E-state index contributed by atoms with van der Waals surface area (Å²) in [5, 5.41) is 8.25. The van der Waals surface area contributed by atoms with Crippen molar-refractivity contribution in [3.63, 3.8) is 0 Å². The molecule has 3 heterocycles. The molecule has 1 aromatic carbocycles. The number of H-pyrrole nitrogens is 1. The minimum atomic E-state index is -0.601. The van der Waals surface area contributed by atoms with Gasteiger partial charge in [0, 0.05) is 49.1 Å². The van der Waals surface area contributed by atoms with Crippen LogP contribution in [0.4, 0.5) is 0 Å². The van der Waals surface area contributed by atoms with Crippen molar-refractivity contribution in [1.29, 1.82) is 0 Å². The lowest BCUT2D eigenvalue weighted by Gasteiger charge is -2.29. The molecule has 1 aliphatic heterocycles. The number of hydrogen-bond donors (Lipinski definition) is 2. The lowest BCUT2D eigenvalue weighted by atomic mass is 10.0. The minimum absolute atomic E-state index is 0.0102. The van der Waals surface area contributed by atoms with Gasteiger partial charge in [-0.3, -0.25) is 14.7 Å². The van der Waals surface area contributed by atoms with E-state index in [0.29, 0.717) is 46.3 Å². The van der Waals surface area contributed by atoms with Gasteiger partial charge < -0.3 is 19.9 Å². The number of rotatable bonds is 4. The lowest BCUT2D eigenvalue weighted by Crippen LogP contribution is -2.36. The van der Waals surface area contributed by atoms with Crippen molar-refractivity contribution in [1.82, 2.24) is 19.7 Å². The van der Waals surface area contributed by atoms with Crippen LogP contribution in [0.15, 0.2) is 18.5 Å². The number of aromatic amines is 1. The summed E-state index contributed by atoms with van der Waals surface area (Å²) in [7, 11) is 0. The average molecular weight is 422 g/mol. The van der Waals surface area contributed by atoms with Gasteiger partial charge in [0.2, 0.25) is 5.91 Å². The quantitative estimate of drug-likeness (QED) is 0.674. The largest absolute Gasteiger partial charge is 0.483 e. The summed E-state index contributed by atoms with van der Waals surface area (Å²) in [5.74, 6) is -0.213. The van der Waals surface area contributed by atoms with E-state index in [1.165, 1.54) is 0 Å². The number of fused-ring (bicyclic) bond motifs is 3. The number of carbonyl (C=O) groups excluding carboxylic acids is 2. The predicted octanol–water partition coefficient (Wildman–Crippen LogP) is 2.56. The van der Waals surface area contributed by atoms with Gasteiger partial charge in [-0.1, -0.05) is 23.2 Å². The third-order valence-electron chi connectivity index (χ3n) is 4.83. The summed E-state index contributed by atoms with van der Waals surface area (Å²) in [5.41, 5.74) is 8.48. The molecule has 0 fully saturated rings. The van der Waals surface area contributed by atoms with Gasteiger partial charge in [0.1, 0.15) is 5.75 Å². The van der Waals surface area contributed by atoms with Gasteiger partial charge in [-0.15, -0.1) is 0 Å². The first-order valence-corrected chi connectivity index (χ1v) is 9.33. The summed E-state index contributed by atoms with van der Waals surface area (Å²) in [6, 6.07) is 1.58. The standard InChI is InChI=1S/C18H17Cl2N5O3/c1-9(26)24-2-3-25-12(7-24)15(10-5-22-23-6-10)16-13(28-8-14(21)27)4-11(19)17(20)18(16)25/h4-6H,2-3,7-8H2,1H3,(H2,21,27)(H,22,23). The lowest BCUT2D eigenvalue weighted by molar-refractivity contribution is -0.130. The number of primary amides is 1. The molecule has 146 valence electrons. The van der Waals surface area contributed by atoms with Crippen LogP contribution in [0.5, 0.6) is 5.75 Å². The van der Waals surface area contributed by atoms with Gasteiger partial charge in [-0.25, -0.2) is 0 Å². The third-order valence-corrected chi connectivity index (χ3v) is 5.61. The summed E-state index contributed by atoms with van der Waals surface area (Å²) in [4.78, 5) is 25.0. The van der Waals surface area contributed by atoms with E-state index in [1.807, 2.05) is 4.57 Å². The number of benzene rings is 1. The number of hydrogen-bond acceptors (Lipinski definition) is 4. The molecule has 0 saturated heterocycles. The Bertz CT molecular complexity index is 1090. The van der Waals surface area contributed by atoms with Crippen LogP contribution in [0.25, 0.3) is 22.0 Å². The van der Waals surface area contributed by atoms with E-state index in [0.717, 1.165) is 16.8 Å². The highest BCUT2D eigenvalue weighted by atomic mass is 35.5. The van der Waals surface area contributed by atoms with Crippen molar-refractivity contribution in [2.24, 2.45) is 5.73 Å². The summed E-state index contributed by atoms with van der Waals surface area (Å²) >= 11 is 12.9. The number of nitrogens with zero attached hydrogens (tertiary/aromatic N) is 3. The Morgan fingerprint density at radius 3 is 2.79 bits per heavy atom. The van der Waals surface area contributed by atoms with Crippen molar-refractivity contribution in [2.45, 2.75) is 20.0 Å². The van der Waals surface area contributed by atoms with Gasteiger partial charge in [0.05, 0.1) is 33.7 Å². The molecule has 0 radical (unpaired) electrons. The van der Waals surface area contributed by atoms with E-state index < -0.39 is 5.91 Å². The van der Waals surface area contributed by atoms with Crippen molar-refractivity contribution >= 4 is 45.9 Å². The fourth-order valence-corrected chi connectivity index (χ4v) is 4.06. The van der Waals surface area contributed by atoms with E-state index >= 15 is 0 Å². The maximum Gasteiger partial charge on any atom is 0.255 e. The maximum atomic E-state index is 12.0. The Labute approximate surface area is 170 Å². The minimum Gasteiger partial charge on any atom is -0.483 e.